The molecule has 1 saturated carbocycles. The van der Waals surface area contributed by atoms with Crippen LogP contribution in [0.25, 0.3) is 0 Å². The first-order valence-corrected chi connectivity index (χ1v) is 8.85. The van der Waals surface area contributed by atoms with E-state index in [-0.39, 0.29) is 3.42 Å². The second-order valence-corrected chi connectivity index (χ2v) is 8.38. The summed E-state index contributed by atoms with van der Waals surface area (Å²) < 4.78 is -0.0644. The summed E-state index contributed by atoms with van der Waals surface area (Å²) in [6, 6.07) is 0. The van der Waals surface area contributed by atoms with Crippen LogP contribution in [0, 0.1) is 5.92 Å². The molecule has 1 nitrogen and oxygen atoms in total. The van der Waals surface area contributed by atoms with Gasteiger partial charge in [0.15, 0.2) is 0 Å². The smallest absolute Gasteiger partial charge is 0.148 e. The van der Waals surface area contributed by atoms with Gasteiger partial charge in [-0.1, -0.05) is 81.4 Å². The van der Waals surface area contributed by atoms with Gasteiger partial charge < -0.3 is 0 Å². The number of halogens is 1. The summed E-state index contributed by atoms with van der Waals surface area (Å²) in [6.45, 7) is 4.48. The molecule has 0 aromatic heterocycles. The van der Waals surface area contributed by atoms with Crippen molar-refractivity contribution in [3.05, 3.63) is 0 Å². The highest BCUT2D eigenvalue weighted by atomic mass is 127. The number of ketones is 1. The maximum absolute atomic E-state index is 12.5. The molecule has 1 fully saturated rings. The Balaban J connectivity index is 2.59. The highest BCUT2D eigenvalue weighted by molar-refractivity contribution is 14.1. The standard InChI is InChI=1S/C16H29IO/c1-14(2)13-16(17)12-10-8-6-4-3-5-7-9-11-15(16)18/h14H,3-13H2,1-2H3. The van der Waals surface area contributed by atoms with E-state index < -0.39 is 0 Å². The van der Waals surface area contributed by atoms with Crippen LogP contribution in [0.5, 0.6) is 0 Å². The minimum Gasteiger partial charge on any atom is -0.298 e. The molecule has 2 heteroatoms. The van der Waals surface area contributed by atoms with Crippen LogP contribution in [0.4, 0.5) is 0 Å². The lowest BCUT2D eigenvalue weighted by atomic mass is 9.86. The van der Waals surface area contributed by atoms with Crippen LogP contribution in [0.15, 0.2) is 0 Å². The molecule has 0 spiro atoms. The van der Waals surface area contributed by atoms with E-state index >= 15 is 0 Å². The van der Waals surface area contributed by atoms with Gasteiger partial charge in [0.2, 0.25) is 0 Å². The van der Waals surface area contributed by atoms with Crippen LogP contribution in [0.3, 0.4) is 0 Å². The summed E-state index contributed by atoms with van der Waals surface area (Å²) in [7, 11) is 0. The van der Waals surface area contributed by atoms with Crippen LogP contribution in [0.2, 0.25) is 0 Å². The fourth-order valence-corrected chi connectivity index (χ4v) is 4.51. The lowest BCUT2D eigenvalue weighted by Crippen LogP contribution is -2.33. The minimum atomic E-state index is -0.0644. The topological polar surface area (TPSA) is 17.1 Å². The number of Topliss-reactive ketones (excluding diaryl/α,β-unsaturated/α-hetero) is 1. The summed E-state index contributed by atoms with van der Waals surface area (Å²) >= 11 is 2.48. The molecule has 0 aromatic carbocycles. The van der Waals surface area contributed by atoms with E-state index in [2.05, 4.69) is 36.4 Å². The van der Waals surface area contributed by atoms with Gasteiger partial charge in [-0.25, -0.2) is 0 Å². The van der Waals surface area contributed by atoms with Gasteiger partial charge in [-0.2, -0.15) is 0 Å². The first kappa shape index (κ1) is 16.5. The van der Waals surface area contributed by atoms with Crippen LogP contribution in [-0.2, 0) is 4.79 Å². The zero-order chi connectivity index (χ0) is 13.4. The van der Waals surface area contributed by atoms with Crippen molar-refractivity contribution in [1.82, 2.24) is 0 Å². The Morgan fingerprint density at radius 3 is 2.06 bits per heavy atom. The Morgan fingerprint density at radius 1 is 1.00 bits per heavy atom. The van der Waals surface area contributed by atoms with E-state index in [1.807, 2.05) is 0 Å². The average molecular weight is 364 g/mol. The molecule has 1 aliphatic carbocycles. The van der Waals surface area contributed by atoms with Crippen molar-refractivity contribution in [3.63, 3.8) is 0 Å². The maximum atomic E-state index is 12.5. The van der Waals surface area contributed by atoms with Crippen LogP contribution < -0.4 is 0 Å². The van der Waals surface area contributed by atoms with Crippen molar-refractivity contribution < 1.29 is 4.79 Å². The van der Waals surface area contributed by atoms with Gasteiger partial charge in [-0.15, -0.1) is 0 Å². The van der Waals surface area contributed by atoms with E-state index in [1.165, 1.54) is 44.9 Å². The van der Waals surface area contributed by atoms with E-state index in [0.717, 1.165) is 25.7 Å². The first-order valence-electron chi connectivity index (χ1n) is 7.77. The zero-order valence-electron chi connectivity index (χ0n) is 12.1. The maximum Gasteiger partial charge on any atom is 0.148 e. The third-order valence-electron chi connectivity index (χ3n) is 3.96. The Kier molecular flexibility index (Phi) is 7.81. The molecule has 1 rings (SSSR count). The van der Waals surface area contributed by atoms with Crippen molar-refractivity contribution in [2.75, 3.05) is 0 Å². The number of carbonyl (C=O) groups is 1. The number of rotatable bonds is 2. The molecule has 18 heavy (non-hydrogen) atoms. The van der Waals surface area contributed by atoms with Gasteiger partial charge in [0.05, 0.1) is 3.42 Å². The molecule has 106 valence electrons. The van der Waals surface area contributed by atoms with E-state index in [9.17, 15) is 4.79 Å². The van der Waals surface area contributed by atoms with Gasteiger partial charge in [0.1, 0.15) is 5.78 Å². The van der Waals surface area contributed by atoms with Gasteiger partial charge in [0, 0.05) is 6.42 Å². The number of carbonyl (C=O) groups excluding carboxylic acids is 1. The van der Waals surface area contributed by atoms with Gasteiger partial charge in [0.25, 0.3) is 0 Å². The van der Waals surface area contributed by atoms with Crippen LogP contribution in [-0.4, -0.2) is 9.20 Å². The van der Waals surface area contributed by atoms with Crippen LogP contribution in [0.1, 0.15) is 84.5 Å². The molecule has 0 saturated heterocycles. The molecule has 1 aliphatic rings. The Morgan fingerprint density at radius 2 is 1.50 bits per heavy atom. The summed E-state index contributed by atoms with van der Waals surface area (Å²) in [4.78, 5) is 12.5. The lowest BCUT2D eigenvalue weighted by Gasteiger charge is -2.28. The predicted molar refractivity (Wildman–Crippen MR) is 87.4 cm³/mol. The minimum absolute atomic E-state index is 0.0644. The van der Waals surface area contributed by atoms with E-state index in [1.54, 1.807) is 0 Å². The highest BCUT2D eigenvalue weighted by Gasteiger charge is 2.34. The van der Waals surface area contributed by atoms with E-state index in [4.69, 9.17) is 0 Å². The second kappa shape index (κ2) is 8.55. The number of hydrogen-bond donors (Lipinski definition) is 0. The average Bonchev–Trinajstić information content (AvgIpc) is 2.28. The monoisotopic (exact) mass is 364 g/mol. The number of hydrogen-bond acceptors (Lipinski definition) is 1. The van der Waals surface area contributed by atoms with Crippen molar-refractivity contribution in [3.8, 4) is 0 Å². The summed E-state index contributed by atoms with van der Waals surface area (Å²) in [5.74, 6) is 1.15. The third kappa shape index (κ3) is 6.03. The SMILES string of the molecule is CC(C)CC1(I)CCCCCCCCCCC1=O. The van der Waals surface area contributed by atoms with Crippen LogP contribution >= 0.6 is 22.6 Å². The quantitative estimate of drug-likeness (QED) is 0.454. The molecule has 0 bridgehead atoms. The Labute approximate surface area is 127 Å². The fraction of sp³-hybridized carbons (Fsp3) is 0.938. The fourth-order valence-electron chi connectivity index (χ4n) is 2.98. The first-order chi connectivity index (χ1) is 8.54. The van der Waals surface area contributed by atoms with Gasteiger partial charge in [-0.05, 0) is 25.2 Å². The van der Waals surface area contributed by atoms with Crippen molar-refractivity contribution in [2.45, 2.75) is 87.9 Å². The Hall–Kier alpha value is 0.400. The molecule has 0 N–H and O–H groups in total. The summed E-state index contributed by atoms with van der Waals surface area (Å²) in [5.41, 5.74) is 0. The molecule has 0 aliphatic heterocycles. The van der Waals surface area contributed by atoms with Crippen molar-refractivity contribution >= 4 is 28.4 Å². The predicted octanol–water partition coefficient (Wildman–Crippen LogP) is 5.69. The van der Waals surface area contributed by atoms with Gasteiger partial charge in [-0.3, -0.25) is 4.79 Å². The lowest BCUT2D eigenvalue weighted by molar-refractivity contribution is -0.121. The molecule has 0 radical (unpaired) electrons. The summed E-state index contributed by atoms with van der Waals surface area (Å²) in [5, 5.41) is 0. The molecule has 1 atom stereocenters. The highest BCUT2D eigenvalue weighted by Crippen LogP contribution is 2.36. The second-order valence-electron chi connectivity index (χ2n) is 6.31. The molecular weight excluding hydrogens is 335 g/mol. The largest absolute Gasteiger partial charge is 0.298 e. The van der Waals surface area contributed by atoms with Crippen molar-refractivity contribution in [2.24, 2.45) is 5.92 Å². The zero-order valence-corrected chi connectivity index (χ0v) is 14.3. The van der Waals surface area contributed by atoms with Crippen molar-refractivity contribution in [1.29, 1.82) is 0 Å². The normalized spacial score (nSPS) is 28.8. The molecule has 0 aromatic rings. The number of alkyl halides is 1. The third-order valence-corrected chi connectivity index (χ3v) is 5.54. The molecule has 0 amide bonds. The molecular formula is C16H29IO. The molecule has 1 unspecified atom stereocenters. The van der Waals surface area contributed by atoms with E-state index in [0.29, 0.717) is 11.7 Å². The molecule has 0 heterocycles. The van der Waals surface area contributed by atoms with Gasteiger partial charge >= 0.3 is 0 Å². The Bertz CT molecular complexity index is 249. The summed E-state index contributed by atoms with van der Waals surface area (Å²) in [6.07, 6.45) is 13.3.